The largest absolute Gasteiger partial charge is 0.382 e. The van der Waals surface area contributed by atoms with E-state index in [9.17, 15) is 0 Å². The van der Waals surface area contributed by atoms with E-state index in [-0.39, 0.29) is 4.84 Å². The topological polar surface area (TPSA) is 45.7 Å². The Morgan fingerprint density at radius 2 is 2.08 bits per heavy atom. The van der Waals surface area contributed by atoms with Gasteiger partial charge in [0.05, 0.1) is 9.90 Å². The van der Waals surface area contributed by atoms with Gasteiger partial charge in [0.2, 0.25) is 0 Å². The summed E-state index contributed by atoms with van der Waals surface area (Å²) in [5.74, 6) is 0. The highest BCUT2D eigenvalue weighted by Crippen LogP contribution is 1.94. The van der Waals surface area contributed by atoms with Gasteiger partial charge in [0, 0.05) is 17.4 Å². The molecular formula is C7H6N3OS+. The van der Waals surface area contributed by atoms with Crippen molar-refractivity contribution in [2.24, 2.45) is 0 Å². The molecule has 0 saturated carbocycles. The Balaban J connectivity index is 2.51. The van der Waals surface area contributed by atoms with Crippen molar-refractivity contribution >= 4 is 12.2 Å². The van der Waals surface area contributed by atoms with Crippen molar-refractivity contribution in [3.63, 3.8) is 0 Å². The van der Waals surface area contributed by atoms with Gasteiger partial charge < -0.3 is 0 Å². The molecule has 1 N–H and O–H groups in total. The molecule has 0 fully saturated rings. The maximum Gasteiger partial charge on any atom is 0.382 e. The first-order valence-electron chi connectivity index (χ1n) is 3.39. The van der Waals surface area contributed by atoms with Gasteiger partial charge in [0.25, 0.3) is 5.69 Å². The predicted molar refractivity (Wildman–Crippen MR) is 43.2 cm³/mol. The van der Waals surface area contributed by atoms with Crippen LogP contribution in [0, 0.1) is 4.84 Å². The molecule has 0 radical (unpaired) electrons. The lowest BCUT2D eigenvalue weighted by Crippen LogP contribution is -2.35. The van der Waals surface area contributed by atoms with Gasteiger partial charge in [-0.3, -0.25) is 4.52 Å². The van der Waals surface area contributed by atoms with Gasteiger partial charge in [-0.1, -0.05) is 18.2 Å². The maximum absolute atomic E-state index is 4.76. The molecule has 0 saturated heterocycles. The van der Waals surface area contributed by atoms with Crippen molar-refractivity contribution < 1.29 is 9.32 Å². The van der Waals surface area contributed by atoms with E-state index >= 15 is 0 Å². The molecule has 60 valence electrons. The van der Waals surface area contributed by atoms with Crippen molar-refractivity contribution in [1.82, 2.24) is 10.4 Å². The number of aromatic amines is 1. The Labute approximate surface area is 73.4 Å². The first kappa shape index (κ1) is 7.17. The number of rotatable bonds is 1. The van der Waals surface area contributed by atoms with Gasteiger partial charge in [0.1, 0.15) is 0 Å². The molecule has 12 heavy (non-hydrogen) atoms. The van der Waals surface area contributed by atoms with Crippen LogP contribution >= 0.6 is 12.2 Å². The lowest BCUT2D eigenvalue weighted by molar-refractivity contribution is -0.725. The maximum atomic E-state index is 4.76. The molecule has 0 atom stereocenters. The second kappa shape index (κ2) is 2.86. The molecule has 0 aliphatic heterocycles. The van der Waals surface area contributed by atoms with Crippen LogP contribution in [-0.4, -0.2) is 10.4 Å². The SMILES string of the molecule is S=c1n[n+](-c2ccccc2)[nH]o1. The number of hydrogen-bond donors (Lipinski definition) is 1. The summed E-state index contributed by atoms with van der Waals surface area (Å²) >= 11 is 4.70. The third-order valence-electron chi connectivity index (χ3n) is 1.40. The number of nitrogens with one attached hydrogen (secondary N) is 1. The number of nitrogens with zero attached hydrogens (tertiary/aromatic N) is 2. The molecule has 2 rings (SSSR count). The molecule has 2 aromatic rings. The molecule has 0 amide bonds. The second-order valence-corrected chi connectivity index (χ2v) is 2.56. The summed E-state index contributed by atoms with van der Waals surface area (Å²) in [7, 11) is 0. The quantitative estimate of drug-likeness (QED) is 0.526. The van der Waals surface area contributed by atoms with E-state index in [1.165, 1.54) is 4.80 Å². The Hall–Kier alpha value is -1.49. The summed E-state index contributed by atoms with van der Waals surface area (Å²) < 4.78 is 4.76. The summed E-state index contributed by atoms with van der Waals surface area (Å²) in [5.41, 5.74) is 0.886. The number of H-pyrrole nitrogens is 1. The molecule has 0 aliphatic carbocycles. The highest BCUT2D eigenvalue weighted by atomic mass is 32.1. The van der Waals surface area contributed by atoms with Crippen molar-refractivity contribution in [1.29, 1.82) is 0 Å². The van der Waals surface area contributed by atoms with Crippen molar-refractivity contribution in [3.8, 4) is 5.69 Å². The molecule has 0 bridgehead atoms. The number of hydrogen-bond acceptors (Lipinski definition) is 3. The van der Waals surface area contributed by atoms with E-state index in [1.807, 2.05) is 30.3 Å². The van der Waals surface area contributed by atoms with Crippen LogP contribution in [0.15, 0.2) is 34.9 Å². The monoisotopic (exact) mass is 180 g/mol. The van der Waals surface area contributed by atoms with Crippen molar-refractivity contribution in [3.05, 3.63) is 35.2 Å². The molecule has 1 aromatic carbocycles. The highest BCUT2D eigenvalue weighted by Gasteiger charge is 2.08. The summed E-state index contributed by atoms with van der Waals surface area (Å²) in [6.07, 6.45) is 0. The molecule has 0 unspecified atom stereocenters. The zero-order chi connectivity index (χ0) is 8.39. The van der Waals surface area contributed by atoms with Gasteiger partial charge in [-0.05, 0) is 12.2 Å². The third-order valence-corrected chi connectivity index (χ3v) is 1.57. The molecule has 4 nitrogen and oxygen atoms in total. The van der Waals surface area contributed by atoms with Gasteiger partial charge in [0.15, 0.2) is 0 Å². The Kier molecular flexibility index (Phi) is 1.71. The van der Waals surface area contributed by atoms with Crippen LogP contribution in [0.3, 0.4) is 0 Å². The fourth-order valence-electron chi connectivity index (χ4n) is 0.884. The van der Waals surface area contributed by atoms with Crippen LogP contribution in [-0.2, 0) is 0 Å². The first-order valence-corrected chi connectivity index (χ1v) is 3.80. The van der Waals surface area contributed by atoms with Gasteiger partial charge in [-0.15, -0.1) is 0 Å². The lowest BCUT2D eigenvalue weighted by Gasteiger charge is -1.82. The minimum atomic E-state index is 0.193. The van der Waals surface area contributed by atoms with Crippen LogP contribution in [0.25, 0.3) is 5.69 Å². The van der Waals surface area contributed by atoms with Gasteiger partial charge in [-0.25, -0.2) is 0 Å². The van der Waals surface area contributed by atoms with Crippen molar-refractivity contribution in [2.75, 3.05) is 0 Å². The van der Waals surface area contributed by atoms with Crippen LogP contribution in [0.4, 0.5) is 0 Å². The summed E-state index contributed by atoms with van der Waals surface area (Å²) in [6, 6.07) is 9.54. The zero-order valence-electron chi connectivity index (χ0n) is 6.10. The predicted octanol–water partition coefficient (Wildman–Crippen LogP) is 1.01. The average molecular weight is 180 g/mol. The van der Waals surface area contributed by atoms with Gasteiger partial charge >= 0.3 is 4.84 Å². The number of benzene rings is 1. The Bertz CT molecular complexity index is 419. The van der Waals surface area contributed by atoms with Crippen LogP contribution in [0.5, 0.6) is 0 Å². The number of para-hydroxylation sites is 1. The summed E-state index contributed by atoms with van der Waals surface area (Å²) in [4.78, 5) is 1.67. The lowest BCUT2D eigenvalue weighted by atomic mass is 10.3. The molecular weight excluding hydrogens is 174 g/mol. The second-order valence-electron chi connectivity index (χ2n) is 2.21. The Morgan fingerprint density at radius 3 is 2.67 bits per heavy atom. The van der Waals surface area contributed by atoms with E-state index in [0.29, 0.717) is 0 Å². The molecule has 5 heteroatoms. The highest BCUT2D eigenvalue weighted by molar-refractivity contribution is 7.71. The Morgan fingerprint density at radius 1 is 1.33 bits per heavy atom. The first-order chi connectivity index (χ1) is 5.86. The van der Waals surface area contributed by atoms with Crippen LogP contribution in [0.1, 0.15) is 0 Å². The van der Waals surface area contributed by atoms with Crippen molar-refractivity contribution in [2.45, 2.75) is 0 Å². The van der Waals surface area contributed by atoms with E-state index in [4.69, 9.17) is 16.7 Å². The minimum Gasteiger partial charge on any atom is -0.293 e. The minimum absolute atomic E-state index is 0.193. The van der Waals surface area contributed by atoms with Crippen LogP contribution < -0.4 is 4.80 Å². The molecule has 1 heterocycles. The van der Waals surface area contributed by atoms with E-state index in [0.717, 1.165) is 5.69 Å². The third kappa shape index (κ3) is 1.26. The molecule has 0 spiro atoms. The van der Waals surface area contributed by atoms with E-state index in [2.05, 4.69) is 10.4 Å². The fraction of sp³-hybridized carbons (Fsp3) is 0. The fourth-order valence-corrected chi connectivity index (χ4v) is 1.00. The summed E-state index contributed by atoms with van der Waals surface area (Å²) in [6.45, 7) is 0. The zero-order valence-corrected chi connectivity index (χ0v) is 6.91. The number of aromatic nitrogens is 3. The average Bonchev–Trinajstić information content (AvgIpc) is 2.54. The smallest absolute Gasteiger partial charge is 0.293 e. The summed E-state index contributed by atoms with van der Waals surface area (Å²) in [5, 5.41) is 6.44. The normalized spacial score (nSPS) is 10.0. The standard InChI is InChI=1S/C7H5N3OS/c12-7-8-10(9-11-7)6-4-2-1-3-5-6/h1-5H/p+1. The van der Waals surface area contributed by atoms with Gasteiger partial charge in [-0.2, -0.15) is 0 Å². The van der Waals surface area contributed by atoms with E-state index in [1.54, 1.807) is 0 Å². The molecule has 0 aliphatic rings. The van der Waals surface area contributed by atoms with Crippen LogP contribution in [0.2, 0.25) is 0 Å². The molecule has 1 aromatic heterocycles. The van der Waals surface area contributed by atoms with E-state index < -0.39 is 0 Å².